The van der Waals surface area contributed by atoms with Gasteiger partial charge in [0.2, 0.25) is 0 Å². The number of hydrogen-bond acceptors (Lipinski definition) is 2. The van der Waals surface area contributed by atoms with Gasteiger partial charge in [-0.05, 0) is 28.8 Å². The smallest absolute Gasteiger partial charge is 0.351 e. The summed E-state index contributed by atoms with van der Waals surface area (Å²) in [6.45, 7) is -0.996. The summed E-state index contributed by atoms with van der Waals surface area (Å²) in [5.74, 6) is -0.991. The number of alkyl halides is 4. The molecule has 2 aromatic carbocycles. The Labute approximate surface area is 189 Å². The zero-order chi connectivity index (χ0) is 23.5. The fourth-order valence-corrected chi connectivity index (χ4v) is 4.55. The van der Waals surface area contributed by atoms with Gasteiger partial charge in [-0.15, -0.1) is 0 Å². The third kappa shape index (κ3) is 3.61. The normalized spacial score (nSPS) is 22.5. The lowest BCUT2D eigenvalue weighted by Crippen LogP contribution is -2.60. The highest BCUT2D eigenvalue weighted by molar-refractivity contribution is 6.35. The van der Waals surface area contributed by atoms with E-state index in [4.69, 9.17) is 28.9 Å². The topological polar surface area (TPSA) is 58.7 Å². The fourth-order valence-electron chi connectivity index (χ4n) is 4.06. The van der Waals surface area contributed by atoms with Crippen molar-refractivity contribution in [2.75, 3.05) is 19.6 Å². The van der Waals surface area contributed by atoms with Crippen LogP contribution < -0.4 is 5.73 Å². The lowest BCUT2D eigenvalue weighted by molar-refractivity contribution is -0.183. The van der Waals surface area contributed by atoms with Gasteiger partial charge in [0.15, 0.2) is 11.5 Å². The number of likely N-dealkylation sites (tertiary alicyclic amines) is 1. The molecule has 2 amide bonds. The number of rotatable bonds is 3. The maximum atomic E-state index is 14.9. The predicted molar refractivity (Wildman–Crippen MR) is 111 cm³/mol. The molecule has 11 heteroatoms. The summed E-state index contributed by atoms with van der Waals surface area (Å²) in [6, 6.07) is 7.00. The molecule has 0 saturated carbocycles. The first-order valence-corrected chi connectivity index (χ1v) is 10.2. The summed E-state index contributed by atoms with van der Waals surface area (Å²) in [4.78, 5) is 16.3. The summed E-state index contributed by atoms with van der Waals surface area (Å²) in [5, 5.41) is -1.01. The standard InChI is InChI=1S/C21H16Cl2F5N3O/c22-14-5-13(6-15(23)17(14)24)19(21(26,27)28)7-16(30-8-19)11-1-3-12(4-2-11)20(25)9-31(10-20)18(29)32/h1-6H,7-10H2,(H2,29,32). The number of hydrogen-bond donors (Lipinski definition) is 1. The van der Waals surface area contributed by atoms with E-state index in [2.05, 4.69) is 4.99 Å². The quantitative estimate of drug-likeness (QED) is 0.454. The molecule has 0 aromatic heterocycles. The highest BCUT2D eigenvalue weighted by atomic mass is 35.5. The molecule has 1 unspecified atom stereocenters. The van der Waals surface area contributed by atoms with Crippen molar-refractivity contribution in [1.82, 2.24) is 4.90 Å². The van der Waals surface area contributed by atoms with Crippen LogP contribution in [0.1, 0.15) is 23.1 Å². The summed E-state index contributed by atoms with van der Waals surface area (Å²) in [7, 11) is 0. The zero-order valence-corrected chi connectivity index (χ0v) is 17.8. The monoisotopic (exact) mass is 491 g/mol. The van der Waals surface area contributed by atoms with Crippen molar-refractivity contribution in [2.45, 2.75) is 23.7 Å². The van der Waals surface area contributed by atoms with Crippen LogP contribution in [0.2, 0.25) is 10.0 Å². The van der Waals surface area contributed by atoms with E-state index in [0.29, 0.717) is 5.56 Å². The number of carbonyl (C=O) groups excluding carboxylic acids is 1. The van der Waals surface area contributed by atoms with Crippen molar-refractivity contribution in [1.29, 1.82) is 0 Å². The van der Waals surface area contributed by atoms with Gasteiger partial charge in [0.25, 0.3) is 0 Å². The van der Waals surface area contributed by atoms with Crippen LogP contribution in [0.15, 0.2) is 41.4 Å². The van der Waals surface area contributed by atoms with Gasteiger partial charge in [0, 0.05) is 12.1 Å². The average molecular weight is 492 g/mol. The molecule has 4 rings (SSSR count). The van der Waals surface area contributed by atoms with Crippen LogP contribution >= 0.6 is 23.2 Å². The molecule has 2 N–H and O–H groups in total. The van der Waals surface area contributed by atoms with Gasteiger partial charge >= 0.3 is 12.2 Å². The summed E-state index contributed by atoms with van der Waals surface area (Å²) in [6.07, 6.45) is -5.22. The Morgan fingerprint density at radius 2 is 1.62 bits per heavy atom. The van der Waals surface area contributed by atoms with E-state index in [-0.39, 0.29) is 29.9 Å². The van der Waals surface area contributed by atoms with Gasteiger partial charge in [-0.3, -0.25) is 4.99 Å². The van der Waals surface area contributed by atoms with Crippen molar-refractivity contribution < 1.29 is 26.7 Å². The molecule has 2 aliphatic heterocycles. The van der Waals surface area contributed by atoms with E-state index in [1.165, 1.54) is 24.3 Å². The van der Waals surface area contributed by atoms with E-state index in [1.807, 2.05) is 0 Å². The molecule has 2 aromatic rings. The van der Waals surface area contributed by atoms with Gasteiger partial charge < -0.3 is 10.6 Å². The number of primary amides is 1. The fraction of sp³-hybridized carbons (Fsp3) is 0.333. The summed E-state index contributed by atoms with van der Waals surface area (Å²) in [5.41, 5.74) is 1.52. The van der Waals surface area contributed by atoms with Crippen LogP contribution in [0.4, 0.5) is 26.7 Å². The number of benzene rings is 2. The average Bonchev–Trinajstić information content (AvgIpc) is 3.16. The molecule has 32 heavy (non-hydrogen) atoms. The first kappa shape index (κ1) is 22.8. The van der Waals surface area contributed by atoms with Crippen LogP contribution in [0, 0.1) is 5.82 Å². The molecule has 1 saturated heterocycles. The van der Waals surface area contributed by atoms with Crippen LogP contribution in [-0.4, -0.2) is 42.5 Å². The number of carbonyl (C=O) groups is 1. The molecule has 4 nitrogen and oxygen atoms in total. The summed E-state index contributed by atoms with van der Waals surface area (Å²) < 4.78 is 71.2. The number of amides is 2. The number of urea groups is 1. The maximum absolute atomic E-state index is 14.9. The van der Waals surface area contributed by atoms with E-state index < -0.39 is 52.1 Å². The van der Waals surface area contributed by atoms with Crippen LogP contribution in [-0.2, 0) is 11.1 Å². The van der Waals surface area contributed by atoms with Crippen molar-refractivity contribution in [3.05, 3.63) is 69.0 Å². The minimum absolute atomic E-state index is 0.172. The second-order valence-electron chi connectivity index (χ2n) is 8.01. The number of aliphatic imine (C=N–C) groups is 1. The highest BCUT2D eigenvalue weighted by Gasteiger charge is 2.58. The minimum atomic E-state index is -4.71. The molecule has 2 aliphatic rings. The second-order valence-corrected chi connectivity index (χ2v) is 8.82. The molecule has 0 bridgehead atoms. The SMILES string of the molecule is NC(=O)N1CC(F)(c2ccc(C3=NCC(c4cc(Cl)c(F)c(Cl)c4)(C(F)(F)F)C3)cc2)C1. The van der Waals surface area contributed by atoms with Gasteiger partial charge in [0.1, 0.15) is 5.41 Å². The Balaban J connectivity index is 1.60. The lowest BCUT2D eigenvalue weighted by Gasteiger charge is -2.43. The third-order valence-corrected chi connectivity index (χ3v) is 6.57. The maximum Gasteiger partial charge on any atom is 0.400 e. The van der Waals surface area contributed by atoms with Crippen molar-refractivity contribution in [2.24, 2.45) is 10.7 Å². The van der Waals surface area contributed by atoms with E-state index in [0.717, 1.165) is 17.0 Å². The largest absolute Gasteiger partial charge is 0.400 e. The molecule has 1 fully saturated rings. The van der Waals surface area contributed by atoms with Crippen LogP contribution in [0.25, 0.3) is 0 Å². The molecule has 0 spiro atoms. The van der Waals surface area contributed by atoms with Crippen LogP contribution in [0.5, 0.6) is 0 Å². The Bertz CT molecular complexity index is 1090. The van der Waals surface area contributed by atoms with E-state index in [9.17, 15) is 26.7 Å². The Kier molecular flexibility index (Phi) is 5.40. The van der Waals surface area contributed by atoms with Crippen molar-refractivity contribution >= 4 is 34.9 Å². The first-order chi connectivity index (χ1) is 14.9. The number of nitrogens with two attached hydrogens (primary N) is 1. The molecule has 0 radical (unpaired) electrons. The van der Waals surface area contributed by atoms with E-state index >= 15 is 0 Å². The van der Waals surface area contributed by atoms with Gasteiger partial charge in [-0.2, -0.15) is 13.2 Å². The highest BCUT2D eigenvalue weighted by Crippen LogP contribution is 2.49. The second kappa shape index (κ2) is 7.59. The molecular formula is C21H16Cl2F5N3O. The van der Waals surface area contributed by atoms with Gasteiger partial charge in [-0.1, -0.05) is 47.5 Å². The Morgan fingerprint density at radius 3 is 2.12 bits per heavy atom. The Morgan fingerprint density at radius 1 is 1.06 bits per heavy atom. The molecule has 2 heterocycles. The Hall–Kier alpha value is -2.39. The molecule has 170 valence electrons. The first-order valence-electron chi connectivity index (χ1n) is 9.46. The molecular weight excluding hydrogens is 476 g/mol. The van der Waals surface area contributed by atoms with Gasteiger partial charge in [-0.25, -0.2) is 13.6 Å². The van der Waals surface area contributed by atoms with Gasteiger partial charge in [0.05, 0.1) is 29.7 Å². The lowest BCUT2D eigenvalue weighted by atomic mass is 9.76. The number of halogens is 7. The van der Waals surface area contributed by atoms with Crippen molar-refractivity contribution in [3.63, 3.8) is 0 Å². The zero-order valence-electron chi connectivity index (χ0n) is 16.3. The molecule has 0 aliphatic carbocycles. The predicted octanol–water partition coefficient (Wildman–Crippen LogP) is 5.38. The summed E-state index contributed by atoms with van der Waals surface area (Å²) >= 11 is 11.5. The van der Waals surface area contributed by atoms with Crippen LogP contribution in [0.3, 0.4) is 0 Å². The minimum Gasteiger partial charge on any atom is -0.351 e. The molecule has 1 atom stereocenters. The van der Waals surface area contributed by atoms with Crippen molar-refractivity contribution in [3.8, 4) is 0 Å². The van der Waals surface area contributed by atoms with E-state index in [1.54, 1.807) is 0 Å². The third-order valence-electron chi connectivity index (χ3n) is 6.02. The number of nitrogens with zero attached hydrogens (tertiary/aromatic N) is 2.